The predicted molar refractivity (Wildman–Crippen MR) is 66.8 cm³/mol. The molecule has 1 aromatic heterocycles. The lowest BCUT2D eigenvalue weighted by Gasteiger charge is -2.04. The molecule has 88 valence electrons. The van der Waals surface area contributed by atoms with E-state index < -0.39 is 0 Å². The molecule has 0 saturated heterocycles. The second kappa shape index (κ2) is 4.29. The molecule has 2 rings (SSSR count). The summed E-state index contributed by atoms with van der Waals surface area (Å²) in [6.07, 6.45) is 1.77. The van der Waals surface area contributed by atoms with Crippen LogP contribution in [-0.4, -0.2) is 15.7 Å². The molecule has 17 heavy (non-hydrogen) atoms. The smallest absolute Gasteiger partial charge is 0.256 e. The summed E-state index contributed by atoms with van der Waals surface area (Å²) in [5, 5.41) is 6.79. The van der Waals surface area contributed by atoms with Gasteiger partial charge in [0, 0.05) is 30.6 Å². The minimum atomic E-state index is -0.188. The summed E-state index contributed by atoms with van der Waals surface area (Å²) >= 11 is 0. The van der Waals surface area contributed by atoms with Gasteiger partial charge in [-0.2, -0.15) is 5.10 Å². The molecule has 1 amide bonds. The highest BCUT2D eigenvalue weighted by Crippen LogP contribution is 2.14. The zero-order valence-corrected chi connectivity index (χ0v) is 9.77. The maximum absolute atomic E-state index is 11.9. The van der Waals surface area contributed by atoms with Crippen molar-refractivity contribution in [3.8, 4) is 0 Å². The van der Waals surface area contributed by atoms with Gasteiger partial charge >= 0.3 is 0 Å². The van der Waals surface area contributed by atoms with Crippen LogP contribution in [0.25, 0.3) is 0 Å². The Morgan fingerprint density at radius 1 is 1.41 bits per heavy atom. The number of carbonyl (C=O) groups is 1. The van der Waals surface area contributed by atoms with Crippen molar-refractivity contribution >= 4 is 17.4 Å². The van der Waals surface area contributed by atoms with Gasteiger partial charge in [0.25, 0.3) is 5.91 Å². The predicted octanol–water partition coefficient (Wildman–Crippen LogP) is 1.56. The zero-order chi connectivity index (χ0) is 12.4. The van der Waals surface area contributed by atoms with E-state index in [-0.39, 0.29) is 5.91 Å². The molecule has 1 heterocycles. The monoisotopic (exact) mass is 230 g/mol. The second-order valence-corrected chi connectivity index (χ2v) is 3.90. The SMILES string of the molecule is Cc1cc(C(=O)Nc2ccn(C)n2)ccc1N. The molecule has 3 N–H and O–H groups in total. The number of carbonyl (C=O) groups excluding carboxylic acids is 1. The van der Waals surface area contributed by atoms with Crippen LogP contribution in [0.4, 0.5) is 11.5 Å². The van der Waals surface area contributed by atoms with Crippen molar-refractivity contribution in [2.75, 3.05) is 11.1 Å². The Morgan fingerprint density at radius 2 is 2.18 bits per heavy atom. The van der Waals surface area contributed by atoms with Gasteiger partial charge in [-0.3, -0.25) is 9.48 Å². The minimum Gasteiger partial charge on any atom is -0.399 e. The number of nitrogens with one attached hydrogen (secondary N) is 1. The molecule has 5 heteroatoms. The first-order valence-electron chi connectivity index (χ1n) is 5.23. The van der Waals surface area contributed by atoms with Gasteiger partial charge in [-0.05, 0) is 30.7 Å². The molecule has 0 fully saturated rings. The number of aryl methyl sites for hydroxylation is 2. The van der Waals surface area contributed by atoms with Crippen LogP contribution < -0.4 is 11.1 Å². The molecule has 0 unspecified atom stereocenters. The van der Waals surface area contributed by atoms with Crippen molar-refractivity contribution in [3.05, 3.63) is 41.6 Å². The Labute approximate surface area is 99.2 Å². The summed E-state index contributed by atoms with van der Waals surface area (Å²) < 4.78 is 1.63. The van der Waals surface area contributed by atoms with E-state index >= 15 is 0 Å². The van der Waals surface area contributed by atoms with Crippen molar-refractivity contribution in [1.29, 1.82) is 0 Å². The van der Waals surface area contributed by atoms with Gasteiger partial charge in [-0.1, -0.05) is 0 Å². The summed E-state index contributed by atoms with van der Waals surface area (Å²) in [6, 6.07) is 6.92. The molecule has 0 aliphatic rings. The van der Waals surface area contributed by atoms with Gasteiger partial charge in [-0.25, -0.2) is 0 Å². The number of hydrogen-bond donors (Lipinski definition) is 2. The van der Waals surface area contributed by atoms with E-state index in [4.69, 9.17) is 5.73 Å². The van der Waals surface area contributed by atoms with Crippen molar-refractivity contribution in [3.63, 3.8) is 0 Å². The number of aromatic nitrogens is 2. The van der Waals surface area contributed by atoms with Crippen LogP contribution in [0.3, 0.4) is 0 Å². The first-order valence-corrected chi connectivity index (χ1v) is 5.23. The fourth-order valence-electron chi connectivity index (χ4n) is 1.49. The van der Waals surface area contributed by atoms with Crippen molar-refractivity contribution in [1.82, 2.24) is 9.78 Å². The maximum Gasteiger partial charge on any atom is 0.256 e. The van der Waals surface area contributed by atoms with Crippen LogP contribution in [-0.2, 0) is 7.05 Å². The van der Waals surface area contributed by atoms with Gasteiger partial charge in [-0.15, -0.1) is 0 Å². The second-order valence-electron chi connectivity index (χ2n) is 3.90. The van der Waals surface area contributed by atoms with Crippen molar-refractivity contribution in [2.24, 2.45) is 7.05 Å². The van der Waals surface area contributed by atoms with Crippen LogP contribution in [0.2, 0.25) is 0 Å². The molecular formula is C12H14N4O. The average Bonchev–Trinajstić information content (AvgIpc) is 2.68. The fraction of sp³-hybridized carbons (Fsp3) is 0.167. The summed E-state index contributed by atoms with van der Waals surface area (Å²) in [4.78, 5) is 11.9. The fourth-order valence-corrected chi connectivity index (χ4v) is 1.49. The Kier molecular flexibility index (Phi) is 2.82. The minimum absolute atomic E-state index is 0.188. The molecule has 1 aromatic carbocycles. The topological polar surface area (TPSA) is 72.9 Å². The number of rotatable bonds is 2. The molecule has 0 aliphatic carbocycles. The molecule has 0 aliphatic heterocycles. The van der Waals surface area contributed by atoms with Crippen LogP contribution in [0, 0.1) is 6.92 Å². The highest BCUT2D eigenvalue weighted by atomic mass is 16.1. The summed E-state index contributed by atoms with van der Waals surface area (Å²) in [7, 11) is 1.79. The van der Waals surface area contributed by atoms with Crippen molar-refractivity contribution in [2.45, 2.75) is 6.92 Å². The first-order chi connectivity index (χ1) is 8.06. The van der Waals surface area contributed by atoms with Crippen LogP contribution in [0.1, 0.15) is 15.9 Å². The van der Waals surface area contributed by atoms with E-state index in [9.17, 15) is 4.79 Å². The molecule has 2 aromatic rings. The number of benzene rings is 1. The number of nitrogens with two attached hydrogens (primary N) is 1. The zero-order valence-electron chi connectivity index (χ0n) is 9.77. The van der Waals surface area contributed by atoms with Crippen molar-refractivity contribution < 1.29 is 4.79 Å². The standard InChI is InChI=1S/C12H14N4O/c1-8-7-9(3-4-10(8)13)12(17)14-11-5-6-16(2)15-11/h3-7H,13H2,1-2H3,(H,14,15,17). The molecule has 0 bridgehead atoms. The number of amides is 1. The molecule has 0 radical (unpaired) electrons. The Hall–Kier alpha value is -2.30. The Balaban J connectivity index is 2.17. The number of nitrogens with zero attached hydrogens (tertiary/aromatic N) is 2. The Morgan fingerprint density at radius 3 is 2.76 bits per heavy atom. The number of nitrogen functional groups attached to an aromatic ring is 1. The third kappa shape index (κ3) is 2.44. The van der Waals surface area contributed by atoms with Crippen LogP contribution in [0.5, 0.6) is 0 Å². The van der Waals surface area contributed by atoms with E-state index in [1.807, 2.05) is 6.92 Å². The van der Waals surface area contributed by atoms with Gasteiger partial charge in [0.2, 0.25) is 0 Å². The summed E-state index contributed by atoms with van der Waals surface area (Å²) in [5.41, 5.74) is 7.84. The summed E-state index contributed by atoms with van der Waals surface area (Å²) in [6.45, 7) is 1.87. The van der Waals surface area contributed by atoms with E-state index in [0.717, 1.165) is 5.56 Å². The van der Waals surface area contributed by atoms with Gasteiger partial charge in [0.15, 0.2) is 5.82 Å². The van der Waals surface area contributed by atoms with E-state index in [1.165, 1.54) is 0 Å². The summed E-state index contributed by atoms with van der Waals surface area (Å²) in [5.74, 6) is 0.346. The third-order valence-corrected chi connectivity index (χ3v) is 2.49. The van der Waals surface area contributed by atoms with E-state index in [0.29, 0.717) is 17.1 Å². The van der Waals surface area contributed by atoms with Crippen LogP contribution >= 0.6 is 0 Å². The molecule has 0 spiro atoms. The lowest BCUT2D eigenvalue weighted by Crippen LogP contribution is -2.13. The number of anilines is 2. The van der Waals surface area contributed by atoms with Crippen LogP contribution in [0.15, 0.2) is 30.5 Å². The quantitative estimate of drug-likeness (QED) is 0.769. The molecule has 0 saturated carbocycles. The third-order valence-electron chi connectivity index (χ3n) is 2.49. The average molecular weight is 230 g/mol. The highest BCUT2D eigenvalue weighted by molar-refractivity contribution is 6.04. The molecular weight excluding hydrogens is 216 g/mol. The number of hydrogen-bond acceptors (Lipinski definition) is 3. The lowest BCUT2D eigenvalue weighted by molar-refractivity contribution is 0.102. The normalized spacial score (nSPS) is 10.2. The first kappa shape index (κ1) is 11.2. The maximum atomic E-state index is 11.9. The Bertz CT molecular complexity index is 559. The van der Waals surface area contributed by atoms with E-state index in [1.54, 1.807) is 42.2 Å². The molecule has 0 atom stereocenters. The van der Waals surface area contributed by atoms with Gasteiger partial charge < -0.3 is 11.1 Å². The largest absolute Gasteiger partial charge is 0.399 e. The highest BCUT2D eigenvalue weighted by Gasteiger charge is 2.08. The molecule has 5 nitrogen and oxygen atoms in total. The van der Waals surface area contributed by atoms with E-state index in [2.05, 4.69) is 10.4 Å². The van der Waals surface area contributed by atoms with Gasteiger partial charge in [0.05, 0.1) is 0 Å². The van der Waals surface area contributed by atoms with Gasteiger partial charge in [0.1, 0.15) is 0 Å². The lowest BCUT2D eigenvalue weighted by atomic mass is 10.1.